The van der Waals surface area contributed by atoms with Crippen LogP contribution in [0.2, 0.25) is 0 Å². The van der Waals surface area contributed by atoms with E-state index in [1.54, 1.807) is 12.1 Å². The van der Waals surface area contributed by atoms with Crippen LogP contribution in [0.3, 0.4) is 0 Å². The van der Waals surface area contributed by atoms with Crippen LogP contribution in [0.1, 0.15) is 11.4 Å². The molecule has 0 unspecified atom stereocenters. The summed E-state index contributed by atoms with van der Waals surface area (Å²) < 4.78 is 7.76. The van der Waals surface area contributed by atoms with Gasteiger partial charge in [-0.15, -0.1) is 0 Å². The Kier molecular flexibility index (Phi) is 3.06. The van der Waals surface area contributed by atoms with E-state index < -0.39 is 0 Å². The molecule has 0 saturated carbocycles. The molecule has 1 aromatic heterocycles. The molecule has 0 aliphatic heterocycles. The highest BCUT2D eigenvalue weighted by Crippen LogP contribution is 2.22. The minimum atomic E-state index is 0.242. The van der Waals surface area contributed by atoms with Gasteiger partial charge >= 0.3 is 0 Å². The number of imidazole rings is 1. The molecule has 0 bridgehead atoms. The normalized spacial score (nSPS) is 10.9. The highest BCUT2D eigenvalue weighted by atomic mass is 16.5. The van der Waals surface area contributed by atoms with E-state index in [2.05, 4.69) is 4.98 Å². The molecule has 0 saturated heterocycles. The first kappa shape index (κ1) is 12.5. The maximum Gasteiger partial charge on any atom is 0.147 e. The van der Waals surface area contributed by atoms with Gasteiger partial charge in [0.1, 0.15) is 23.9 Å². The van der Waals surface area contributed by atoms with Crippen LogP contribution in [0, 0.1) is 6.92 Å². The molecule has 1 N–H and O–H groups in total. The number of para-hydroxylation sites is 1. The van der Waals surface area contributed by atoms with Crippen LogP contribution in [-0.2, 0) is 13.7 Å². The predicted molar refractivity (Wildman–Crippen MR) is 77.9 cm³/mol. The summed E-state index contributed by atoms with van der Waals surface area (Å²) in [6, 6.07) is 13.1. The molecule has 3 rings (SSSR count). The summed E-state index contributed by atoms with van der Waals surface area (Å²) in [5, 5.41) is 9.54. The standard InChI is InChI=1S/C16H16N2O2/c1-11-5-3-4-6-15(11)20-10-16-17-13-8-7-12(19)9-14(13)18(16)2/h3-9,19H,10H2,1-2H3. The zero-order valence-electron chi connectivity index (χ0n) is 11.5. The van der Waals surface area contributed by atoms with Crippen molar-refractivity contribution in [3.05, 3.63) is 53.9 Å². The molecule has 4 nitrogen and oxygen atoms in total. The van der Waals surface area contributed by atoms with Gasteiger partial charge in [0.05, 0.1) is 11.0 Å². The molecule has 4 heteroatoms. The molecule has 0 atom stereocenters. The third-order valence-electron chi connectivity index (χ3n) is 3.41. The Balaban J connectivity index is 1.88. The van der Waals surface area contributed by atoms with Crippen molar-refractivity contribution in [2.24, 2.45) is 7.05 Å². The van der Waals surface area contributed by atoms with Gasteiger partial charge in [0.15, 0.2) is 0 Å². The van der Waals surface area contributed by atoms with Gasteiger partial charge in [0.2, 0.25) is 0 Å². The summed E-state index contributed by atoms with van der Waals surface area (Å²) in [6.07, 6.45) is 0. The van der Waals surface area contributed by atoms with Crippen LogP contribution in [-0.4, -0.2) is 14.7 Å². The summed E-state index contributed by atoms with van der Waals surface area (Å²) in [4.78, 5) is 4.52. The fourth-order valence-electron chi connectivity index (χ4n) is 2.22. The number of nitrogens with zero attached hydrogens (tertiary/aromatic N) is 2. The zero-order valence-corrected chi connectivity index (χ0v) is 11.5. The van der Waals surface area contributed by atoms with Crippen molar-refractivity contribution in [1.29, 1.82) is 0 Å². The van der Waals surface area contributed by atoms with E-state index in [1.807, 2.05) is 48.9 Å². The van der Waals surface area contributed by atoms with Crippen LogP contribution in [0.15, 0.2) is 42.5 Å². The van der Waals surface area contributed by atoms with Crippen LogP contribution < -0.4 is 4.74 Å². The number of rotatable bonds is 3. The second-order valence-electron chi connectivity index (χ2n) is 4.81. The summed E-state index contributed by atoms with van der Waals surface area (Å²) in [7, 11) is 1.92. The first-order valence-electron chi connectivity index (χ1n) is 6.48. The summed E-state index contributed by atoms with van der Waals surface area (Å²) in [5.74, 6) is 1.93. The van der Waals surface area contributed by atoms with E-state index in [-0.39, 0.29) is 5.75 Å². The average Bonchev–Trinajstić information content (AvgIpc) is 2.75. The van der Waals surface area contributed by atoms with E-state index in [9.17, 15) is 5.11 Å². The van der Waals surface area contributed by atoms with E-state index in [0.29, 0.717) is 6.61 Å². The Bertz CT molecular complexity index is 762. The van der Waals surface area contributed by atoms with Gasteiger partial charge < -0.3 is 14.4 Å². The fraction of sp³-hybridized carbons (Fsp3) is 0.188. The second kappa shape index (κ2) is 4.89. The molecule has 0 aliphatic carbocycles. The molecule has 0 radical (unpaired) electrons. The Morgan fingerprint density at radius 3 is 2.80 bits per heavy atom. The van der Waals surface area contributed by atoms with Crippen LogP contribution >= 0.6 is 0 Å². The molecule has 0 amide bonds. The van der Waals surface area contributed by atoms with E-state index in [0.717, 1.165) is 28.2 Å². The lowest BCUT2D eigenvalue weighted by molar-refractivity contribution is 0.290. The Morgan fingerprint density at radius 2 is 2.00 bits per heavy atom. The van der Waals surface area contributed by atoms with Crippen molar-refractivity contribution in [1.82, 2.24) is 9.55 Å². The lowest BCUT2D eigenvalue weighted by Gasteiger charge is -2.08. The van der Waals surface area contributed by atoms with Crippen molar-refractivity contribution in [3.63, 3.8) is 0 Å². The third-order valence-corrected chi connectivity index (χ3v) is 3.41. The van der Waals surface area contributed by atoms with Crippen LogP contribution in [0.25, 0.3) is 11.0 Å². The molecule has 0 spiro atoms. The lowest BCUT2D eigenvalue weighted by atomic mass is 10.2. The van der Waals surface area contributed by atoms with E-state index in [1.165, 1.54) is 0 Å². The number of hydrogen-bond donors (Lipinski definition) is 1. The summed E-state index contributed by atoms with van der Waals surface area (Å²) >= 11 is 0. The van der Waals surface area contributed by atoms with Gasteiger partial charge in [0.25, 0.3) is 0 Å². The second-order valence-corrected chi connectivity index (χ2v) is 4.81. The van der Waals surface area contributed by atoms with E-state index in [4.69, 9.17) is 4.74 Å². The number of ether oxygens (including phenoxy) is 1. The third kappa shape index (κ3) is 2.20. The number of aryl methyl sites for hydroxylation is 2. The first-order valence-corrected chi connectivity index (χ1v) is 6.48. The molecular formula is C16H16N2O2. The monoisotopic (exact) mass is 268 g/mol. The van der Waals surface area contributed by atoms with Gasteiger partial charge in [0, 0.05) is 13.1 Å². The van der Waals surface area contributed by atoms with Crippen LogP contribution in [0.5, 0.6) is 11.5 Å². The average molecular weight is 268 g/mol. The van der Waals surface area contributed by atoms with Crippen LogP contribution in [0.4, 0.5) is 0 Å². The topological polar surface area (TPSA) is 47.3 Å². The van der Waals surface area contributed by atoms with Crippen molar-refractivity contribution < 1.29 is 9.84 Å². The van der Waals surface area contributed by atoms with E-state index >= 15 is 0 Å². The zero-order chi connectivity index (χ0) is 14.1. The molecule has 1 heterocycles. The molecule has 0 aliphatic rings. The lowest BCUT2D eigenvalue weighted by Crippen LogP contribution is -2.04. The number of phenols is 1. The largest absolute Gasteiger partial charge is 0.508 e. The van der Waals surface area contributed by atoms with Gasteiger partial charge in [-0.25, -0.2) is 4.98 Å². The smallest absolute Gasteiger partial charge is 0.147 e. The van der Waals surface area contributed by atoms with Gasteiger partial charge in [-0.2, -0.15) is 0 Å². The number of aromatic hydroxyl groups is 1. The van der Waals surface area contributed by atoms with Gasteiger partial charge in [-0.3, -0.25) is 0 Å². The maximum atomic E-state index is 9.54. The molecule has 2 aromatic carbocycles. The molecule has 0 fully saturated rings. The van der Waals surface area contributed by atoms with Crippen molar-refractivity contribution >= 4 is 11.0 Å². The predicted octanol–water partition coefficient (Wildman–Crippen LogP) is 3.17. The van der Waals surface area contributed by atoms with Gasteiger partial charge in [-0.05, 0) is 30.7 Å². The number of hydrogen-bond acceptors (Lipinski definition) is 3. The number of benzene rings is 2. The minimum Gasteiger partial charge on any atom is -0.508 e. The highest BCUT2D eigenvalue weighted by Gasteiger charge is 2.09. The van der Waals surface area contributed by atoms with Crippen molar-refractivity contribution in [2.75, 3.05) is 0 Å². The quantitative estimate of drug-likeness (QED) is 0.793. The maximum absolute atomic E-state index is 9.54. The molecule has 102 valence electrons. The SMILES string of the molecule is Cc1ccccc1OCc1nc2ccc(O)cc2n1C. The fourth-order valence-corrected chi connectivity index (χ4v) is 2.22. The first-order chi connectivity index (χ1) is 9.65. The number of fused-ring (bicyclic) bond motifs is 1. The molecule has 3 aromatic rings. The van der Waals surface area contributed by atoms with Crippen molar-refractivity contribution in [2.45, 2.75) is 13.5 Å². The molecular weight excluding hydrogens is 252 g/mol. The number of phenolic OH excluding ortho intramolecular Hbond substituents is 1. The number of aromatic nitrogens is 2. The Morgan fingerprint density at radius 1 is 1.20 bits per heavy atom. The van der Waals surface area contributed by atoms with Crippen molar-refractivity contribution in [3.8, 4) is 11.5 Å². The summed E-state index contributed by atoms with van der Waals surface area (Å²) in [5.41, 5.74) is 2.85. The Hall–Kier alpha value is -2.49. The highest BCUT2D eigenvalue weighted by molar-refractivity contribution is 5.77. The minimum absolute atomic E-state index is 0.242. The Labute approximate surface area is 117 Å². The molecule has 20 heavy (non-hydrogen) atoms. The summed E-state index contributed by atoms with van der Waals surface area (Å²) in [6.45, 7) is 2.42. The van der Waals surface area contributed by atoms with Gasteiger partial charge in [-0.1, -0.05) is 18.2 Å².